The summed E-state index contributed by atoms with van der Waals surface area (Å²) >= 11 is 1.82. The third kappa shape index (κ3) is 1.31. The lowest BCUT2D eigenvalue weighted by atomic mass is 10.1. The molecule has 0 atom stereocenters. The van der Waals surface area contributed by atoms with Crippen LogP contribution in [0, 0.1) is 3.57 Å². The highest BCUT2D eigenvalue weighted by atomic mass is 127. The molecule has 0 fully saturated rings. The van der Waals surface area contributed by atoms with Crippen molar-refractivity contribution in [1.29, 1.82) is 0 Å². The summed E-state index contributed by atoms with van der Waals surface area (Å²) in [6.45, 7) is 0.540. The maximum absolute atomic E-state index is 13.4. The highest BCUT2D eigenvalue weighted by Crippen LogP contribution is 2.40. The molecule has 72 valence electrons. The molecule has 0 aliphatic carbocycles. The van der Waals surface area contributed by atoms with Gasteiger partial charge in [0.15, 0.2) is 5.82 Å². The van der Waals surface area contributed by atoms with Crippen molar-refractivity contribution in [2.24, 2.45) is 0 Å². The number of nitrogens with zero attached hydrogens (tertiary/aromatic N) is 2. The molecule has 1 aromatic rings. The van der Waals surface area contributed by atoms with E-state index in [0.29, 0.717) is 16.5 Å². The van der Waals surface area contributed by atoms with E-state index in [4.69, 9.17) is 5.73 Å². The number of fused-ring (bicyclic) bond motifs is 1. The van der Waals surface area contributed by atoms with E-state index in [9.17, 15) is 8.78 Å². The first-order valence-electron chi connectivity index (χ1n) is 3.92. The Bertz CT molecular complexity index is 348. The molecule has 0 saturated heterocycles. The molecule has 2 N–H and O–H groups in total. The van der Waals surface area contributed by atoms with E-state index in [1.54, 1.807) is 0 Å². The first-order valence-corrected chi connectivity index (χ1v) is 5.00. The van der Waals surface area contributed by atoms with Gasteiger partial charge >= 0.3 is 0 Å². The van der Waals surface area contributed by atoms with E-state index in [1.807, 2.05) is 22.6 Å². The highest BCUT2D eigenvalue weighted by molar-refractivity contribution is 14.1. The quantitative estimate of drug-likeness (QED) is 0.744. The average Bonchev–Trinajstić information content (AvgIpc) is 2.28. The predicted molar refractivity (Wildman–Crippen MR) is 52.5 cm³/mol. The summed E-state index contributed by atoms with van der Waals surface area (Å²) in [5, 5.41) is 3.85. The molecule has 1 aliphatic heterocycles. The Hall–Kier alpha value is -0.400. The van der Waals surface area contributed by atoms with Crippen molar-refractivity contribution in [2.75, 3.05) is 5.73 Å². The highest BCUT2D eigenvalue weighted by Gasteiger charge is 2.41. The van der Waals surface area contributed by atoms with E-state index in [-0.39, 0.29) is 17.9 Å². The second kappa shape index (κ2) is 2.79. The second-order valence-corrected chi connectivity index (χ2v) is 4.16. The van der Waals surface area contributed by atoms with Crippen molar-refractivity contribution in [3.63, 3.8) is 0 Å². The van der Waals surface area contributed by atoms with Gasteiger partial charge in [0.2, 0.25) is 0 Å². The minimum atomic E-state index is -2.76. The number of nitrogens with two attached hydrogens (primary N) is 1. The molecule has 0 amide bonds. The van der Waals surface area contributed by atoms with E-state index in [2.05, 4.69) is 5.10 Å². The molecule has 0 bridgehead atoms. The topological polar surface area (TPSA) is 43.8 Å². The zero-order chi connectivity index (χ0) is 9.64. The maximum atomic E-state index is 13.4. The minimum absolute atomic E-state index is 0.0168. The molecule has 0 spiro atoms. The molecule has 0 radical (unpaired) electrons. The largest absolute Gasteiger partial charge is 0.381 e. The Morgan fingerprint density at radius 1 is 1.54 bits per heavy atom. The van der Waals surface area contributed by atoms with Crippen molar-refractivity contribution in [3.8, 4) is 0 Å². The van der Waals surface area contributed by atoms with Gasteiger partial charge in [-0.2, -0.15) is 13.9 Å². The molecule has 1 aliphatic rings. The second-order valence-electron chi connectivity index (χ2n) is 3.08. The van der Waals surface area contributed by atoms with Crippen molar-refractivity contribution in [2.45, 2.75) is 25.3 Å². The van der Waals surface area contributed by atoms with Crippen molar-refractivity contribution < 1.29 is 8.78 Å². The molecule has 1 aromatic heterocycles. The van der Waals surface area contributed by atoms with E-state index < -0.39 is 5.92 Å². The third-order valence-electron chi connectivity index (χ3n) is 2.13. The predicted octanol–water partition coefficient (Wildman–Crippen LogP) is 1.96. The van der Waals surface area contributed by atoms with E-state index in [1.165, 1.54) is 4.68 Å². The molecule has 0 aromatic carbocycles. The molecule has 3 nitrogen and oxygen atoms in total. The molecule has 6 heteroatoms. The summed E-state index contributed by atoms with van der Waals surface area (Å²) in [5.74, 6) is -2.56. The summed E-state index contributed by atoms with van der Waals surface area (Å²) in [6.07, 6.45) is 0.353. The fraction of sp³-hybridized carbons (Fsp3) is 0.571. The Kier molecular flexibility index (Phi) is 1.97. The van der Waals surface area contributed by atoms with E-state index >= 15 is 0 Å². The fourth-order valence-corrected chi connectivity index (χ4v) is 2.32. The Morgan fingerprint density at radius 3 is 2.85 bits per heavy atom. The van der Waals surface area contributed by atoms with Crippen LogP contribution >= 0.6 is 22.6 Å². The summed E-state index contributed by atoms with van der Waals surface area (Å²) in [7, 11) is 0. The molecule has 13 heavy (non-hydrogen) atoms. The van der Waals surface area contributed by atoms with Crippen LogP contribution in [-0.4, -0.2) is 9.78 Å². The van der Waals surface area contributed by atoms with Gasteiger partial charge in [-0.1, -0.05) is 0 Å². The van der Waals surface area contributed by atoms with Gasteiger partial charge in [-0.3, -0.25) is 4.68 Å². The number of aromatic nitrogens is 2. The van der Waals surface area contributed by atoms with Gasteiger partial charge < -0.3 is 5.73 Å². The van der Waals surface area contributed by atoms with E-state index in [0.717, 1.165) is 0 Å². The molecular weight excluding hydrogens is 291 g/mol. The van der Waals surface area contributed by atoms with Crippen LogP contribution in [0.5, 0.6) is 0 Å². The van der Waals surface area contributed by atoms with Gasteiger partial charge in [-0.15, -0.1) is 0 Å². The van der Waals surface area contributed by atoms with Gasteiger partial charge in [0.1, 0.15) is 5.69 Å². The number of aryl methyl sites for hydroxylation is 1. The fourth-order valence-electron chi connectivity index (χ4n) is 1.54. The molecule has 2 heterocycles. The number of hydrogen-bond donors (Lipinski definition) is 1. The van der Waals surface area contributed by atoms with Crippen LogP contribution in [-0.2, 0) is 12.5 Å². The lowest BCUT2D eigenvalue weighted by Gasteiger charge is -2.23. The van der Waals surface area contributed by atoms with Crippen LogP contribution < -0.4 is 5.73 Å². The number of nitrogen functional groups attached to an aromatic ring is 1. The van der Waals surface area contributed by atoms with Crippen LogP contribution in [0.25, 0.3) is 0 Å². The Labute approximate surface area is 87.4 Å². The summed E-state index contributed by atoms with van der Waals surface area (Å²) in [6, 6.07) is 0. The maximum Gasteiger partial charge on any atom is 0.290 e. The van der Waals surface area contributed by atoms with Gasteiger partial charge in [0.05, 0.1) is 3.57 Å². The number of rotatable bonds is 0. The number of alkyl halides is 2. The zero-order valence-electron chi connectivity index (χ0n) is 6.73. The average molecular weight is 299 g/mol. The van der Waals surface area contributed by atoms with Gasteiger partial charge in [0, 0.05) is 13.0 Å². The normalized spacial score (nSPS) is 19.9. The Balaban J connectivity index is 2.61. The van der Waals surface area contributed by atoms with Crippen LogP contribution in [0.3, 0.4) is 0 Å². The SMILES string of the molecule is Nc1nn2c(c1I)C(F)(F)CCC2. The Morgan fingerprint density at radius 2 is 2.23 bits per heavy atom. The zero-order valence-corrected chi connectivity index (χ0v) is 8.88. The monoisotopic (exact) mass is 299 g/mol. The van der Waals surface area contributed by atoms with Gasteiger partial charge in [-0.05, 0) is 29.0 Å². The van der Waals surface area contributed by atoms with Crippen LogP contribution in [0.2, 0.25) is 0 Å². The standard InChI is InChI=1S/C7H8F2IN3/c8-7(9)2-1-3-13-5(7)4(10)6(11)12-13/h1-3H2,(H2,11,12). The minimum Gasteiger partial charge on any atom is -0.381 e. The first kappa shape index (κ1) is 9.17. The molecule has 2 rings (SSSR count). The van der Waals surface area contributed by atoms with Crippen LogP contribution in [0.1, 0.15) is 18.5 Å². The first-order chi connectivity index (χ1) is 6.02. The van der Waals surface area contributed by atoms with Crippen molar-refractivity contribution >= 4 is 28.4 Å². The summed E-state index contributed by atoms with van der Waals surface area (Å²) in [5.41, 5.74) is 5.45. The summed E-state index contributed by atoms with van der Waals surface area (Å²) in [4.78, 5) is 0. The molecular formula is C7H8F2IN3. The lowest BCUT2D eigenvalue weighted by molar-refractivity contribution is -0.0373. The van der Waals surface area contributed by atoms with Crippen molar-refractivity contribution in [3.05, 3.63) is 9.26 Å². The number of halogens is 3. The number of anilines is 1. The lowest BCUT2D eigenvalue weighted by Crippen LogP contribution is -2.26. The molecule has 0 saturated carbocycles. The van der Waals surface area contributed by atoms with Gasteiger partial charge in [0.25, 0.3) is 5.92 Å². The third-order valence-corrected chi connectivity index (χ3v) is 3.19. The summed E-state index contributed by atoms with van der Waals surface area (Å²) < 4.78 is 28.4. The number of hydrogen-bond acceptors (Lipinski definition) is 2. The van der Waals surface area contributed by atoms with Crippen LogP contribution in [0.4, 0.5) is 14.6 Å². The van der Waals surface area contributed by atoms with Gasteiger partial charge in [-0.25, -0.2) is 0 Å². The van der Waals surface area contributed by atoms with Crippen LogP contribution in [0.15, 0.2) is 0 Å². The smallest absolute Gasteiger partial charge is 0.290 e. The van der Waals surface area contributed by atoms with Crippen molar-refractivity contribution in [1.82, 2.24) is 9.78 Å². The molecule has 0 unspecified atom stereocenters.